The number of nitrogens with zero attached hydrogens (tertiary/aromatic N) is 2. The Morgan fingerprint density at radius 3 is 2.28 bits per heavy atom. The number of aromatic nitrogens is 2. The molecule has 3 aromatic rings. The van der Waals surface area contributed by atoms with Gasteiger partial charge < -0.3 is 10.1 Å². The summed E-state index contributed by atoms with van der Waals surface area (Å²) < 4.78 is 20.5. The second kappa shape index (κ2) is 7.17. The molecule has 1 amide bonds. The standard InChI is InChI=1S/C19H18FN3O2/c1-13-3-7-15(8-4-13)25-16-9-5-14(6-10-16)11-21-19(24)18-17(20)12-22-23(18)2/h3-10,12H,11H2,1-2H3,(H,21,24). The van der Waals surface area contributed by atoms with Crippen LogP contribution in [0.1, 0.15) is 21.6 Å². The van der Waals surface area contributed by atoms with Gasteiger partial charge in [-0.3, -0.25) is 9.48 Å². The first-order valence-corrected chi connectivity index (χ1v) is 7.82. The molecule has 6 heteroatoms. The fraction of sp³-hybridized carbons (Fsp3) is 0.158. The molecule has 0 atom stereocenters. The normalized spacial score (nSPS) is 10.5. The van der Waals surface area contributed by atoms with E-state index in [-0.39, 0.29) is 12.2 Å². The van der Waals surface area contributed by atoms with Crippen LogP contribution in [-0.2, 0) is 13.6 Å². The van der Waals surface area contributed by atoms with Crippen LogP contribution in [0.2, 0.25) is 0 Å². The number of rotatable bonds is 5. The maximum atomic E-state index is 13.5. The zero-order valence-electron chi connectivity index (χ0n) is 14.0. The van der Waals surface area contributed by atoms with Crippen molar-refractivity contribution in [1.29, 1.82) is 0 Å². The molecule has 5 nitrogen and oxygen atoms in total. The second-order valence-electron chi connectivity index (χ2n) is 5.71. The largest absolute Gasteiger partial charge is 0.457 e. The van der Waals surface area contributed by atoms with E-state index in [9.17, 15) is 9.18 Å². The smallest absolute Gasteiger partial charge is 0.272 e. The number of carbonyl (C=O) groups excluding carboxylic acids is 1. The van der Waals surface area contributed by atoms with Gasteiger partial charge in [-0.15, -0.1) is 0 Å². The van der Waals surface area contributed by atoms with Crippen LogP contribution in [0.3, 0.4) is 0 Å². The fourth-order valence-corrected chi connectivity index (χ4v) is 2.35. The molecule has 0 aliphatic carbocycles. The minimum Gasteiger partial charge on any atom is -0.457 e. The number of halogens is 1. The Morgan fingerprint density at radius 2 is 1.72 bits per heavy atom. The van der Waals surface area contributed by atoms with Crippen LogP contribution in [0.5, 0.6) is 11.5 Å². The third-order valence-electron chi connectivity index (χ3n) is 3.74. The van der Waals surface area contributed by atoms with Gasteiger partial charge in [-0.2, -0.15) is 5.10 Å². The SMILES string of the molecule is Cc1ccc(Oc2ccc(CNC(=O)c3c(F)cnn3C)cc2)cc1. The molecular weight excluding hydrogens is 321 g/mol. The molecule has 1 aromatic heterocycles. The first kappa shape index (κ1) is 16.7. The van der Waals surface area contributed by atoms with Gasteiger partial charge in [-0.1, -0.05) is 29.8 Å². The molecule has 3 rings (SSSR count). The van der Waals surface area contributed by atoms with Crippen molar-refractivity contribution in [3.8, 4) is 11.5 Å². The quantitative estimate of drug-likeness (QED) is 0.773. The van der Waals surface area contributed by atoms with Crippen molar-refractivity contribution < 1.29 is 13.9 Å². The van der Waals surface area contributed by atoms with Gasteiger partial charge in [0.2, 0.25) is 0 Å². The number of carbonyl (C=O) groups is 1. The Balaban J connectivity index is 1.59. The van der Waals surface area contributed by atoms with Crippen molar-refractivity contribution in [3.05, 3.63) is 77.4 Å². The van der Waals surface area contributed by atoms with Crippen LogP contribution in [-0.4, -0.2) is 15.7 Å². The van der Waals surface area contributed by atoms with Crippen LogP contribution in [0.15, 0.2) is 54.7 Å². The van der Waals surface area contributed by atoms with Crippen LogP contribution in [0.4, 0.5) is 4.39 Å². The highest BCUT2D eigenvalue weighted by atomic mass is 19.1. The topological polar surface area (TPSA) is 56.1 Å². The lowest BCUT2D eigenvalue weighted by Crippen LogP contribution is -2.26. The zero-order chi connectivity index (χ0) is 17.8. The Kier molecular flexibility index (Phi) is 4.79. The Morgan fingerprint density at radius 1 is 1.12 bits per heavy atom. The fourth-order valence-electron chi connectivity index (χ4n) is 2.35. The predicted molar refractivity (Wildman–Crippen MR) is 92.0 cm³/mol. The van der Waals surface area contributed by atoms with Gasteiger partial charge in [0, 0.05) is 13.6 Å². The predicted octanol–water partition coefficient (Wildman–Crippen LogP) is 3.59. The van der Waals surface area contributed by atoms with Gasteiger partial charge in [0.05, 0.1) is 6.20 Å². The summed E-state index contributed by atoms with van der Waals surface area (Å²) in [5, 5.41) is 6.39. The lowest BCUT2D eigenvalue weighted by molar-refractivity contribution is 0.0937. The summed E-state index contributed by atoms with van der Waals surface area (Å²) in [7, 11) is 1.52. The average Bonchev–Trinajstić information content (AvgIpc) is 2.95. The summed E-state index contributed by atoms with van der Waals surface area (Å²) in [5.41, 5.74) is 1.97. The van der Waals surface area contributed by atoms with Crippen LogP contribution in [0, 0.1) is 12.7 Å². The van der Waals surface area contributed by atoms with E-state index in [1.165, 1.54) is 17.3 Å². The highest BCUT2D eigenvalue weighted by molar-refractivity contribution is 5.92. The van der Waals surface area contributed by atoms with E-state index in [1.807, 2.05) is 55.5 Å². The van der Waals surface area contributed by atoms with Gasteiger partial charge in [0.15, 0.2) is 11.5 Å². The molecule has 0 aliphatic rings. The number of nitrogens with one attached hydrogen (secondary N) is 1. The van der Waals surface area contributed by atoms with Crippen molar-refractivity contribution in [2.75, 3.05) is 0 Å². The highest BCUT2D eigenvalue weighted by Gasteiger charge is 2.16. The summed E-state index contributed by atoms with van der Waals surface area (Å²) in [6.07, 6.45) is 1.02. The highest BCUT2D eigenvalue weighted by Crippen LogP contribution is 2.22. The summed E-state index contributed by atoms with van der Waals surface area (Å²) in [6.45, 7) is 2.30. The van der Waals surface area contributed by atoms with Crippen molar-refractivity contribution in [3.63, 3.8) is 0 Å². The molecule has 0 bridgehead atoms. The van der Waals surface area contributed by atoms with Crippen LogP contribution < -0.4 is 10.1 Å². The van der Waals surface area contributed by atoms with Gasteiger partial charge in [-0.25, -0.2) is 4.39 Å². The van der Waals surface area contributed by atoms with Crippen molar-refractivity contribution in [2.24, 2.45) is 7.05 Å². The maximum absolute atomic E-state index is 13.5. The molecule has 2 aromatic carbocycles. The van der Waals surface area contributed by atoms with E-state index >= 15 is 0 Å². The van der Waals surface area contributed by atoms with Crippen LogP contribution in [0.25, 0.3) is 0 Å². The third-order valence-corrected chi connectivity index (χ3v) is 3.74. The van der Waals surface area contributed by atoms with Crippen molar-refractivity contribution in [2.45, 2.75) is 13.5 Å². The molecule has 0 radical (unpaired) electrons. The molecule has 0 aliphatic heterocycles. The molecular formula is C19H18FN3O2. The Hall–Kier alpha value is -3.15. The van der Waals surface area contributed by atoms with Gasteiger partial charge in [0.25, 0.3) is 5.91 Å². The minimum absolute atomic E-state index is 0.0840. The van der Waals surface area contributed by atoms with E-state index in [0.717, 1.165) is 17.5 Å². The monoisotopic (exact) mass is 339 g/mol. The van der Waals surface area contributed by atoms with Crippen LogP contribution >= 0.6 is 0 Å². The van der Waals surface area contributed by atoms with E-state index in [4.69, 9.17) is 4.74 Å². The number of hydrogen-bond donors (Lipinski definition) is 1. The molecule has 0 fully saturated rings. The number of benzene rings is 2. The number of aryl methyl sites for hydroxylation is 2. The van der Waals surface area contributed by atoms with Crippen molar-refractivity contribution >= 4 is 5.91 Å². The lowest BCUT2D eigenvalue weighted by Gasteiger charge is -2.08. The van der Waals surface area contributed by atoms with E-state index in [1.54, 1.807) is 0 Å². The first-order chi connectivity index (χ1) is 12.0. The zero-order valence-corrected chi connectivity index (χ0v) is 14.0. The minimum atomic E-state index is -0.637. The molecule has 25 heavy (non-hydrogen) atoms. The summed E-state index contributed by atoms with van der Waals surface area (Å²) >= 11 is 0. The first-order valence-electron chi connectivity index (χ1n) is 7.82. The Bertz CT molecular complexity index is 851. The Labute approximate surface area is 145 Å². The summed E-state index contributed by atoms with van der Waals surface area (Å²) in [4.78, 5) is 12.0. The molecule has 0 spiro atoms. The van der Waals surface area contributed by atoms with Gasteiger partial charge in [-0.05, 0) is 36.8 Å². The van der Waals surface area contributed by atoms with E-state index < -0.39 is 11.7 Å². The molecule has 128 valence electrons. The third kappa shape index (κ3) is 4.03. The lowest BCUT2D eigenvalue weighted by atomic mass is 10.2. The molecule has 0 saturated carbocycles. The van der Waals surface area contributed by atoms with E-state index in [0.29, 0.717) is 5.75 Å². The summed E-state index contributed by atoms with van der Waals surface area (Å²) in [6, 6.07) is 15.1. The second-order valence-corrected chi connectivity index (χ2v) is 5.71. The number of amides is 1. The molecule has 1 N–H and O–H groups in total. The number of hydrogen-bond acceptors (Lipinski definition) is 3. The summed E-state index contributed by atoms with van der Waals surface area (Å²) in [5.74, 6) is 0.328. The van der Waals surface area contributed by atoms with Gasteiger partial charge in [0.1, 0.15) is 11.5 Å². The van der Waals surface area contributed by atoms with Gasteiger partial charge >= 0.3 is 0 Å². The van der Waals surface area contributed by atoms with Crippen molar-refractivity contribution in [1.82, 2.24) is 15.1 Å². The van der Waals surface area contributed by atoms with E-state index in [2.05, 4.69) is 10.4 Å². The number of ether oxygens (including phenoxy) is 1. The molecule has 1 heterocycles. The average molecular weight is 339 g/mol. The molecule has 0 unspecified atom stereocenters. The molecule has 0 saturated heterocycles. The maximum Gasteiger partial charge on any atom is 0.272 e.